The van der Waals surface area contributed by atoms with Crippen LogP contribution in [0.4, 0.5) is 11.5 Å². The van der Waals surface area contributed by atoms with Crippen LogP contribution in [0, 0.1) is 6.92 Å². The number of aryl methyl sites for hydroxylation is 1. The van der Waals surface area contributed by atoms with E-state index in [0.717, 1.165) is 34.8 Å². The number of fused-ring (bicyclic) bond motifs is 1. The van der Waals surface area contributed by atoms with Crippen molar-refractivity contribution >= 4 is 23.1 Å². The summed E-state index contributed by atoms with van der Waals surface area (Å²) in [7, 11) is 0. The van der Waals surface area contributed by atoms with Gasteiger partial charge >= 0.3 is 0 Å². The molecule has 0 aliphatic heterocycles. The second-order valence-corrected chi connectivity index (χ2v) is 8.17. The summed E-state index contributed by atoms with van der Waals surface area (Å²) in [5, 5.41) is 6.47. The normalized spacial score (nSPS) is 10.9. The van der Waals surface area contributed by atoms with E-state index in [1.807, 2.05) is 53.1 Å². The zero-order valence-corrected chi connectivity index (χ0v) is 18.9. The smallest absolute Gasteiger partial charge is 0.251 e. The molecule has 6 heteroatoms. The van der Waals surface area contributed by atoms with Gasteiger partial charge in [0.25, 0.3) is 5.91 Å². The molecule has 0 saturated carbocycles. The Morgan fingerprint density at radius 3 is 2.47 bits per heavy atom. The van der Waals surface area contributed by atoms with Gasteiger partial charge < -0.3 is 10.6 Å². The summed E-state index contributed by atoms with van der Waals surface area (Å²) in [6, 6.07) is 25.9. The number of hydrogen-bond acceptors (Lipinski definition) is 4. The summed E-state index contributed by atoms with van der Waals surface area (Å²) in [5.74, 6) is 0.769. The van der Waals surface area contributed by atoms with Crippen LogP contribution in [0.2, 0.25) is 0 Å². The highest BCUT2D eigenvalue weighted by molar-refractivity contribution is 5.94. The number of hydrogen-bond donors (Lipinski definition) is 2. The maximum absolute atomic E-state index is 12.6. The van der Waals surface area contributed by atoms with Crippen molar-refractivity contribution in [3.05, 3.63) is 114 Å². The fourth-order valence-electron chi connectivity index (χ4n) is 3.85. The molecule has 0 bridgehead atoms. The minimum atomic E-state index is -0.0799. The molecule has 5 rings (SSSR count). The predicted octanol–water partition coefficient (Wildman–Crippen LogP) is 5.42. The van der Waals surface area contributed by atoms with Crippen LogP contribution in [0.25, 0.3) is 16.9 Å². The minimum absolute atomic E-state index is 0.0799. The SMILES string of the molecule is Cc1ccc(-c2nc3cnccn3c2Nc2ccc(C(=O)NCCc3ccccc3)cc2)cc1. The summed E-state index contributed by atoms with van der Waals surface area (Å²) in [6.45, 7) is 2.66. The van der Waals surface area contributed by atoms with Crippen molar-refractivity contribution in [1.82, 2.24) is 19.7 Å². The maximum atomic E-state index is 12.6. The van der Waals surface area contributed by atoms with Gasteiger partial charge in [-0.2, -0.15) is 0 Å². The standard InChI is InChI=1S/C28H25N5O/c1-20-7-9-22(10-8-20)26-27(33-18-17-29-19-25(33)32-26)31-24-13-11-23(12-14-24)28(34)30-16-15-21-5-3-2-4-6-21/h2-14,17-19,31H,15-16H2,1H3,(H,30,34). The quantitative estimate of drug-likeness (QED) is 0.349. The molecule has 0 fully saturated rings. The van der Waals surface area contributed by atoms with Gasteiger partial charge in [0.05, 0.1) is 6.20 Å². The summed E-state index contributed by atoms with van der Waals surface area (Å²) in [6.07, 6.45) is 6.17. The number of imidazole rings is 1. The van der Waals surface area contributed by atoms with Gasteiger partial charge in [0.15, 0.2) is 5.65 Å². The van der Waals surface area contributed by atoms with E-state index in [2.05, 4.69) is 58.9 Å². The van der Waals surface area contributed by atoms with Gasteiger partial charge in [-0.05, 0) is 43.2 Å². The monoisotopic (exact) mass is 447 g/mol. The molecule has 3 aromatic carbocycles. The number of anilines is 2. The van der Waals surface area contributed by atoms with Crippen LogP contribution >= 0.6 is 0 Å². The molecule has 5 aromatic rings. The van der Waals surface area contributed by atoms with Crippen LogP contribution < -0.4 is 10.6 Å². The fourth-order valence-corrected chi connectivity index (χ4v) is 3.85. The first-order valence-electron chi connectivity index (χ1n) is 11.3. The van der Waals surface area contributed by atoms with Crippen LogP contribution in [0.5, 0.6) is 0 Å². The molecule has 1 amide bonds. The third-order valence-corrected chi connectivity index (χ3v) is 5.71. The topological polar surface area (TPSA) is 71.3 Å². The number of nitrogens with zero attached hydrogens (tertiary/aromatic N) is 3. The lowest BCUT2D eigenvalue weighted by atomic mass is 10.1. The van der Waals surface area contributed by atoms with Crippen molar-refractivity contribution in [3.63, 3.8) is 0 Å². The minimum Gasteiger partial charge on any atom is -0.352 e. The Kier molecular flexibility index (Phi) is 6.03. The van der Waals surface area contributed by atoms with E-state index in [4.69, 9.17) is 4.98 Å². The molecule has 2 heterocycles. The molecule has 2 aromatic heterocycles. The zero-order valence-electron chi connectivity index (χ0n) is 18.9. The van der Waals surface area contributed by atoms with Crippen LogP contribution in [0.15, 0.2) is 97.5 Å². The lowest BCUT2D eigenvalue weighted by molar-refractivity contribution is 0.0954. The Balaban J connectivity index is 1.33. The molecule has 2 N–H and O–H groups in total. The predicted molar refractivity (Wildman–Crippen MR) is 135 cm³/mol. The number of rotatable bonds is 7. The number of aromatic nitrogens is 3. The number of amides is 1. The van der Waals surface area contributed by atoms with Gasteiger partial charge in [0.1, 0.15) is 11.5 Å². The summed E-state index contributed by atoms with van der Waals surface area (Å²) in [4.78, 5) is 21.5. The highest BCUT2D eigenvalue weighted by atomic mass is 16.1. The molecule has 34 heavy (non-hydrogen) atoms. The average molecular weight is 448 g/mol. The molecule has 0 atom stereocenters. The molecule has 0 spiro atoms. The molecule has 0 saturated heterocycles. The third-order valence-electron chi connectivity index (χ3n) is 5.71. The molecule has 6 nitrogen and oxygen atoms in total. The summed E-state index contributed by atoms with van der Waals surface area (Å²) < 4.78 is 1.98. The van der Waals surface area contributed by atoms with Crippen molar-refractivity contribution in [2.75, 3.05) is 11.9 Å². The van der Waals surface area contributed by atoms with Gasteiger partial charge in [-0.1, -0.05) is 60.2 Å². The highest BCUT2D eigenvalue weighted by Gasteiger charge is 2.15. The van der Waals surface area contributed by atoms with E-state index in [9.17, 15) is 4.79 Å². The van der Waals surface area contributed by atoms with Crippen molar-refractivity contribution in [1.29, 1.82) is 0 Å². The van der Waals surface area contributed by atoms with Gasteiger partial charge in [-0.15, -0.1) is 0 Å². The lowest BCUT2D eigenvalue weighted by Gasteiger charge is -2.10. The molecule has 0 unspecified atom stereocenters. The van der Waals surface area contributed by atoms with Crippen LogP contribution in [-0.4, -0.2) is 26.8 Å². The van der Waals surface area contributed by atoms with Crippen molar-refractivity contribution < 1.29 is 4.79 Å². The van der Waals surface area contributed by atoms with E-state index >= 15 is 0 Å². The first kappa shape index (κ1) is 21.4. The number of benzene rings is 3. The molecule has 0 aliphatic rings. The van der Waals surface area contributed by atoms with E-state index in [1.165, 1.54) is 11.1 Å². The number of carbonyl (C=O) groups is 1. The highest BCUT2D eigenvalue weighted by Crippen LogP contribution is 2.31. The van der Waals surface area contributed by atoms with Crippen LogP contribution in [0.3, 0.4) is 0 Å². The molecule has 168 valence electrons. The molecule has 0 radical (unpaired) electrons. The Labute approximate surface area is 198 Å². The van der Waals surface area contributed by atoms with Crippen molar-refractivity contribution in [3.8, 4) is 11.3 Å². The Morgan fingerprint density at radius 2 is 1.71 bits per heavy atom. The van der Waals surface area contributed by atoms with Gasteiger partial charge in [0, 0.05) is 35.8 Å². The third kappa shape index (κ3) is 4.66. The molecular weight excluding hydrogens is 422 g/mol. The van der Waals surface area contributed by atoms with E-state index < -0.39 is 0 Å². The van der Waals surface area contributed by atoms with Gasteiger partial charge in [-0.3, -0.25) is 14.2 Å². The summed E-state index contributed by atoms with van der Waals surface area (Å²) in [5.41, 5.74) is 6.51. The second kappa shape index (κ2) is 9.58. The largest absolute Gasteiger partial charge is 0.352 e. The summed E-state index contributed by atoms with van der Waals surface area (Å²) >= 11 is 0. The fraction of sp³-hybridized carbons (Fsp3) is 0.107. The van der Waals surface area contributed by atoms with Crippen molar-refractivity contribution in [2.45, 2.75) is 13.3 Å². The first-order valence-corrected chi connectivity index (χ1v) is 11.3. The van der Waals surface area contributed by atoms with E-state index in [1.54, 1.807) is 12.4 Å². The average Bonchev–Trinajstić information content (AvgIpc) is 3.24. The molecular formula is C28H25N5O. The zero-order chi connectivity index (χ0) is 23.3. The van der Waals surface area contributed by atoms with Gasteiger partial charge in [-0.25, -0.2) is 4.98 Å². The van der Waals surface area contributed by atoms with Crippen LogP contribution in [0.1, 0.15) is 21.5 Å². The maximum Gasteiger partial charge on any atom is 0.251 e. The van der Waals surface area contributed by atoms with Crippen LogP contribution in [-0.2, 0) is 6.42 Å². The number of carbonyl (C=O) groups excluding carboxylic acids is 1. The van der Waals surface area contributed by atoms with E-state index in [0.29, 0.717) is 12.1 Å². The van der Waals surface area contributed by atoms with E-state index in [-0.39, 0.29) is 5.91 Å². The first-order chi connectivity index (χ1) is 16.7. The Hall–Kier alpha value is -4.45. The Morgan fingerprint density at radius 1 is 0.941 bits per heavy atom. The van der Waals surface area contributed by atoms with Gasteiger partial charge in [0.2, 0.25) is 0 Å². The van der Waals surface area contributed by atoms with Crippen molar-refractivity contribution in [2.24, 2.45) is 0 Å². The Bertz CT molecular complexity index is 1410. The number of nitrogens with one attached hydrogen (secondary N) is 2. The molecule has 0 aliphatic carbocycles. The lowest BCUT2D eigenvalue weighted by Crippen LogP contribution is -2.25. The second-order valence-electron chi connectivity index (χ2n) is 8.17.